The second-order valence-corrected chi connectivity index (χ2v) is 5.82. The molecule has 3 rings (SSSR count). The zero-order valence-corrected chi connectivity index (χ0v) is 13.9. The molecule has 0 aromatic heterocycles. The Hall–Kier alpha value is -3.00. The lowest BCUT2D eigenvalue weighted by Gasteiger charge is -2.16. The first-order valence-electron chi connectivity index (χ1n) is 8.19. The molecule has 120 valence electrons. The Morgan fingerprint density at radius 2 is 1.08 bits per heavy atom. The van der Waals surface area contributed by atoms with Gasteiger partial charge in [0.25, 0.3) is 0 Å². The molecule has 24 heavy (non-hydrogen) atoms. The highest BCUT2D eigenvalue weighted by molar-refractivity contribution is 5.98. The molecule has 0 aliphatic carbocycles. The first-order valence-corrected chi connectivity index (χ1v) is 8.19. The van der Waals surface area contributed by atoms with E-state index in [0.29, 0.717) is 0 Å². The van der Waals surface area contributed by atoms with E-state index in [1.165, 1.54) is 16.7 Å². The fraction of sp³-hybridized carbons (Fsp3) is 0.0909. The fourth-order valence-electron chi connectivity index (χ4n) is 2.98. The van der Waals surface area contributed by atoms with Crippen LogP contribution < -0.4 is 11.5 Å². The zero-order valence-electron chi connectivity index (χ0n) is 13.9. The largest absolute Gasteiger partial charge is 0.399 e. The molecule has 0 saturated heterocycles. The van der Waals surface area contributed by atoms with Gasteiger partial charge in [-0.2, -0.15) is 0 Å². The van der Waals surface area contributed by atoms with Gasteiger partial charge in [0, 0.05) is 11.4 Å². The molecule has 0 radical (unpaired) electrons. The average Bonchev–Trinajstić information content (AvgIpc) is 2.62. The zero-order chi connectivity index (χ0) is 16.9. The molecule has 0 spiro atoms. The second kappa shape index (κ2) is 7.05. The molecule has 0 amide bonds. The van der Waals surface area contributed by atoms with Crippen molar-refractivity contribution < 1.29 is 0 Å². The summed E-state index contributed by atoms with van der Waals surface area (Å²) in [5.74, 6) is 0. The molecular formula is C22H22N2. The number of allylic oxidation sites excluding steroid dienone is 1. The quantitative estimate of drug-likeness (QED) is 0.512. The summed E-state index contributed by atoms with van der Waals surface area (Å²) in [6, 6.07) is 26.6. The van der Waals surface area contributed by atoms with E-state index in [1.54, 1.807) is 0 Å². The van der Waals surface area contributed by atoms with Crippen LogP contribution in [0.1, 0.15) is 30.0 Å². The fourth-order valence-corrected chi connectivity index (χ4v) is 2.98. The minimum absolute atomic E-state index is 0.771. The third kappa shape index (κ3) is 3.33. The first-order chi connectivity index (χ1) is 11.7. The van der Waals surface area contributed by atoms with Crippen LogP contribution in [0.4, 0.5) is 11.4 Å². The summed E-state index contributed by atoms with van der Waals surface area (Å²) >= 11 is 0. The molecule has 3 aromatic rings. The van der Waals surface area contributed by atoms with Gasteiger partial charge in [-0.25, -0.2) is 0 Å². The Kier molecular flexibility index (Phi) is 4.66. The molecule has 0 atom stereocenters. The van der Waals surface area contributed by atoms with E-state index in [4.69, 9.17) is 11.5 Å². The molecule has 2 heteroatoms. The number of benzene rings is 3. The number of hydrogen-bond donors (Lipinski definition) is 2. The molecule has 0 heterocycles. The van der Waals surface area contributed by atoms with Gasteiger partial charge in [-0.3, -0.25) is 0 Å². The lowest BCUT2D eigenvalue weighted by molar-refractivity contribution is 1.24. The van der Waals surface area contributed by atoms with Gasteiger partial charge in [-0.05, 0) is 58.5 Å². The minimum Gasteiger partial charge on any atom is -0.399 e. The highest BCUT2D eigenvalue weighted by Crippen LogP contribution is 2.34. The van der Waals surface area contributed by atoms with E-state index in [1.807, 2.05) is 30.3 Å². The van der Waals surface area contributed by atoms with Gasteiger partial charge in [0.2, 0.25) is 0 Å². The highest BCUT2D eigenvalue weighted by Gasteiger charge is 2.12. The Morgan fingerprint density at radius 3 is 1.50 bits per heavy atom. The van der Waals surface area contributed by atoms with Gasteiger partial charge in [-0.15, -0.1) is 0 Å². The van der Waals surface area contributed by atoms with Crippen molar-refractivity contribution in [2.75, 3.05) is 11.5 Å². The number of nitrogens with two attached hydrogens (primary N) is 2. The van der Waals surface area contributed by atoms with Crippen molar-refractivity contribution in [2.45, 2.75) is 13.3 Å². The molecule has 0 saturated carbocycles. The van der Waals surface area contributed by atoms with Crippen molar-refractivity contribution in [3.05, 3.63) is 95.6 Å². The number of anilines is 2. The van der Waals surface area contributed by atoms with Crippen LogP contribution >= 0.6 is 0 Å². The predicted molar refractivity (Wildman–Crippen MR) is 104 cm³/mol. The lowest BCUT2D eigenvalue weighted by Crippen LogP contribution is -1.96. The van der Waals surface area contributed by atoms with Crippen molar-refractivity contribution in [1.29, 1.82) is 0 Å². The van der Waals surface area contributed by atoms with E-state index >= 15 is 0 Å². The van der Waals surface area contributed by atoms with Crippen molar-refractivity contribution in [1.82, 2.24) is 0 Å². The summed E-state index contributed by atoms with van der Waals surface area (Å²) in [6.45, 7) is 2.19. The first kappa shape index (κ1) is 15.9. The third-order valence-electron chi connectivity index (χ3n) is 4.18. The van der Waals surface area contributed by atoms with Gasteiger partial charge >= 0.3 is 0 Å². The van der Waals surface area contributed by atoms with E-state index in [2.05, 4.69) is 55.5 Å². The molecule has 0 bridgehead atoms. The normalized spacial score (nSPS) is 10.4. The number of hydrogen-bond acceptors (Lipinski definition) is 2. The van der Waals surface area contributed by atoms with E-state index in [0.717, 1.165) is 28.9 Å². The van der Waals surface area contributed by atoms with Crippen molar-refractivity contribution in [3.63, 3.8) is 0 Å². The Morgan fingerprint density at radius 1 is 0.625 bits per heavy atom. The maximum absolute atomic E-state index is 5.87. The molecule has 0 aliphatic rings. The molecule has 4 N–H and O–H groups in total. The summed E-state index contributed by atoms with van der Waals surface area (Å²) < 4.78 is 0. The minimum atomic E-state index is 0.771. The summed E-state index contributed by atoms with van der Waals surface area (Å²) in [5, 5.41) is 0. The molecule has 0 aliphatic heterocycles. The van der Waals surface area contributed by atoms with E-state index < -0.39 is 0 Å². The highest BCUT2D eigenvalue weighted by atomic mass is 14.5. The van der Waals surface area contributed by atoms with E-state index in [9.17, 15) is 0 Å². The van der Waals surface area contributed by atoms with Crippen LogP contribution in [0.25, 0.3) is 11.1 Å². The Balaban J connectivity index is 2.26. The number of nitrogen functional groups attached to an aromatic ring is 2. The van der Waals surface area contributed by atoms with Gasteiger partial charge in [0.1, 0.15) is 0 Å². The molecule has 2 nitrogen and oxygen atoms in total. The summed E-state index contributed by atoms with van der Waals surface area (Å²) in [5.41, 5.74) is 19.4. The van der Waals surface area contributed by atoms with Crippen LogP contribution in [-0.2, 0) is 0 Å². The molecule has 0 fully saturated rings. The SMILES string of the molecule is CCC(=C(c1ccc(N)cc1)c1ccc(N)cc1)c1ccccc1. The van der Waals surface area contributed by atoms with Crippen LogP contribution in [0.5, 0.6) is 0 Å². The predicted octanol–water partition coefficient (Wildman–Crippen LogP) is 5.22. The Bertz CT molecular complexity index is 782. The van der Waals surface area contributed by atoms with Gasteiger partial charge in [0.15, 0.2) is 0 Å². The molecule has 0 unspecified atom stereocenters. The maximum Gasteiger partial charge on any atom is 0.0314 e. The van der Waals surface area contributed by atoms with Gasteiger partial charge < -0.3 is 11.5 Å². The molecular weight excluding hydrogens is 292 g/mol. The standard InChI is InChI=1S/C22H22N2/c1-2-21(16-6-4-3-5-7-16)22(17-8-12-19(23)13-9-17)18-10-14-20(24)15-11-18/h3-15H,2,23-24H2,1H3. The van der Waals surface area contributed by atoms with Gasteiger partial charge in [-0.1, -0.05) is 61.5 Å². The second-order valence-electron chi connectivity index (χ2n) is 5.82. The van der Waals surface area contributed by atoms with Crippen molar-refractivity contribution in [2.24, 2.45) is 0 Å². The lowest BCUT2D eigenvalue weighted by atomic mass is 9.88. The summed E-state index contributed by atoms with van der Waals surface area (Å²) in [6.07, 6.45) is 0.939. The van der Waals surface area contributed by atoms with Crippen LogP contribution in [0.3, 0.4) is 0 Å². The maximum atomic E-state index is 5.87. The van der Waals surface area contributed by atoms with Crippen LogP contribution in [0.2, 0.25) is 0 Å². The van der Waals surface area contributed by atoms with Crippen molar-refractivity contribution in [3.8, 4) is 0 Å². The smallest absolute Gasteiger partial charge is 0.0314 e. The summed E-state index contributed by atoms with van der Waals surface area (Å²) in [4.78, 5) is 0. The number of rotatable bonds is 4. The monoisotopic (exact) mass is 314 g/mol. The van der Waals surface area contributed by atoms with Crippen LogP contribution in [0, 0.1) is 0 Å². The van der Waals surface area contributed by atoms with E-state index in [-0.39, 0.29) is 0 Å². The Labute approximate surface area is 143 Å². The van der Waals surface area contributed by atoms with Crippen LogP contribution in [0.15, 0.2) is 78.9 Å². The van der Waals surface area contributed by atoms with Crippen LogP contribution in [-0.4, -0.2) is 0 Å². The summed E-state index contributed by atoms with van der Waals surface area (Å²) in [7, 11) is 0. The third-order valence-corrected chi connectivity index (χ3v) is 4.18. The molecule has 3 aromatic carbocycles. The average molecular weight is 314 g/mol. The van der Waals surface area contributed by atoms with Crippen molar-refractivity contribution >= 4 is 22.5 Å². The van der Waals surface area contributed by atoms with Gasteiger partial charge in [0.05, 0.1) is 0 Å². The topological polar surface area (TPSA) is 52.0 Å².